The van der Waals surface area contributed by atoms with Crippen LogP contribution >= 0.6 is 11.3 Å². The number of hydrogen-bond donors (Lipinski definition) is 1. The summed E-state index contributed by atoms with van der Waals surface area (Å²) in [6, 6.07) is 3.89. The first-order valence-corrected chi connectivity index (χ1v) is 7.62. The van der Waals surface area contributed by atoms with Crippen LogP contribution in [0.3, 0.4) is 0 Å². The van der Waals surface area contributed by atoms with E-state index < -0.39 is 5.97 Å². The number of carbonyl (C=O) groups is 2. The predicted octanol–water partition coefficient (Wildman–Crippen LogP) is 3.11. The number of thiophene rings is 1. The minimum absolute atomic E-state index is 0.0705. The monoisotopic (exact) mass is 293 g/mol. The number of carboxylic acid groups (broad SMARTS) is 1. The molecule has 1 saturated heterocycles. The van der Waals surface area contributed by atoms with Crippen LogP contribution in [0.25, 0.3) is 6.08 Å². The first-order valence-electron chi connectivity index (χ1n) is 6.81. The molecule has 1 aromatic heterocycles. The van der Waals surface area contributed by atoms with Crippen LogP contribution < -0.4 is 0 Å². The lowest BCUT2D eigenvalue weighted by molar-refractivity contribution is -0.131. The third-order valence-corrected chi connectivity index (χ3v) is 4.60. The van der Waals surface area contributed by atoms with Crippen LogP contribution in [-0.2, 0) is 4.79 Å². The van der Waals surface area contributed by atoms with Gasteiger partial charge >= 0.3 is 5.97 Å². The van der Waals surface area contributed by atoms with Crippen molar-refractivity contribution in [3.8, 4) is 0 Å². The lowest BCUT2D eigenvalue weighted by Crippen LogP contribution is -2.38. The Morgan fingerprint density at radius 1 is 1.45 bits per heavy atom. The highest BCUT2D eigenvalue weighted by atomic mass is 32.1. The first kappa shape index (κ1) is 14.8. The molecule has 0 spiro atoms. The number of carbonyl (C=O) groups excluding carboxylic acids is 1. The highest BCUT2D eigenvalue weighted by molar-refractivity contribution is 7.14. The van der Waals surface area contributed by atoms with Crippen molar-refractivity contribution in [2.75, 3.05) is 6.54 Å². The molecule has 1 fully saturated rings. The Hall–Kier alpha value is -1.62. The lowest BCUT2D eigenvalue weighted by atomic mass is 10.0. The van der Waals surface area contributed by atoms with E-state index in [1.807, 2.05) is 4.90 Å². The van der Waals surface area contributed by atoms with Crippen LogP contribution in [0.1, 0.15) is 41.2 Å². The molecule has 1 aromatic rings. The van der Waals surface area contributed by atoms with Gasteiger partial charge in [-0.05, 0) is 37.0 Å². The molecule has 1 atom stereocenters. The first-order chi connectivity index (χ1) is 9.49. The molecule has 1 unspecified atom stereocenters. The zero-order valence-corrected chi connectivity index (χ0v) is 12.5. The van der Waals surface area contributed by atoms with E-state index in [0.717, 1.165) is 30.3 Å². The standard InChI is InChI=1S/C15H19NO3S/c1-10(2)12-4-3-9-16(12)15(19)13-7-5-11(20-13)6-8-14(17)18/h5-8,10,12H,3-4,9H2,1-2H3,(H,17,18). The molecule has 108 valence electrons. The quantitative estimate of drug-likeness (QED) is 0.868. The second-order valence-electron chi connectivity index (χ2n) is 5.33. The Morgan fingerprint density at radius 3 is 2.85 bits per heavy atom. The zero-order chi connectivity index (χ0) is 14.7. The number of rotatable bonds is 4. The molecule has 0 aliphatic carbocycles. The smallest absolute Gasteiger partial charge is 0.328 e. The van der Waals surface area contributed by atoms with E-state index in [1.54, 1.807) is 12.1 Å². The summed E-state index contributed by atoms with van der Waals surface area (Å²) in [6.07, 6.45) is 4.74. The number of amides is 1. The molecule has 0 bridgehead atoms. The van der Waals surface area contributed by atoms with Crippen molar-refractivity contribution in [3.63, 3.8) is 0 Å². The summed E-state index contributed by atoms with van der Waals surface area (Å²) in [6.45, 7) is 5.11. The highest BCUT2D eigenvalue weighted by Crippen LogP contribution is 2.28. The summed E-state index contributed by atoms with van der Waals surface area (Å²) >= 11 is 1.34. The van der Waals surface area contributed by atoms with Crippen LogP contribution in [0.4, 0.5) is 0 Å². The van der Waals surface area contributed by atoms with Gasteiger partial charge in [-0.25, -0.2) is 4.79 Å². The van der Waals surface area contributed by atoms with E-state index in [0.29, 0.717) is 16.8 Å². The SMILES string of the molecule is CC(C)C1CCCN1C(=O)c1ccc(C=CC(=O)O)s1. The van der Waals surface area contributed by atoms with Gasteiger partial charge in [0.15, 0.2) is 0 Å². The molecule has 2 rings (SSSR count). The van der Waals surface area contributed by atoms with E-state index in [4.69, 9.17) is 5.11 Å². The van der Waals surface area contributed by atoms with Gasteiger partial charge in [0.25, 0.3) is 5.91 Å². The minimum atomic E-state index is -0.981. The molecule has 1 N–H and O–H groups in total. The van der Waals surface area contributed by atoms with Gasteiger partial charge in [-0.1, -0.05) is 13.8 Å². The van der Waals surface area contributed by atoms with Crippen LogP contribution in [0, 0.1) is 5.92 Å². The maximum absolute atomic E-state index is 12.5. The van der Waals surface area contributed by atoms with Gasteiger partial charge in [-0.15, -0.1) is 11.3 Å². The third kappa shape index (κ3) is 3.28. The summed E-state index contributed by atoms with van der Waals surface area (Å²) in [5, 5.41) is 8.60. The molecule has 1 amide bonds. The Kier molecular flexibility index (Phi) is 4.60. The number of aliphatic carboxylic acids is 1. The Bertz CT molecular complexity index is 533. The molecule has 0 radical (unpaired) electrons. The van der Waals surface area contributed by atoms with E-state index in [-0.39, 0.29) is 5.91 Å². The average Bonchev–Trinajstić information content (AvgIpc) is 3.04. The molecule has 4 nitrogen and oxygen atoms in total. The van der Waals surface area contributed by atoms with E-state index in [2.05, 4.69) is 13.8 Å². The topological polar surface area (TPSA) is 57.6 Å². The number of hydrogen-bond acceptors (Lipinski definition) is 3. The summed E-state index contributed by atoms with van der Waals surface area (Å²) < 4.78 is 0. The Balaban J connectivity index is 2.11. The fourth-order valence-electron chi connectivity index (χ4n) is 2.59. The van der Waals surface area contributed by atoms with Gasteiger partial charge in [0, 0.05) is 23.5 Å². The lowest BCUT2D eigenvalue weighted by Gasteiger charge is -2.27. The summed E-state index contributed by atoms with van der Waals surface area (Å²) in [5.74, 6) is -0.445. The second-order valence-corrected chi connectivity index (χ2v) is 6.44. The van der Waals surface area contributed by atoms with Crippen molar-refractivity contribution >= 4 is 29.3 Å². The maximum Gasteiger partial charge on any atom is 0.328 e. The van der Waals surface area contributed by atoms with Gasteiger partial charge in [0.2, 0.25) is 0 Å². The number of carboxylic acids is 1. The van der Waals surface area contributed by atoms with E-state index >= 15 is 0 Å². The van der Waals surface area contributed by atoms with Crippen LogP contribution in [-0.4, -0.2) is 34.5 Å². The zero-order valence-electron chi connectivity index (χ0n) is 11.7. The van der Waals surface area contributed by atoms with E-state index in [9.17, 15) is 9.59 Å². The van der Waals surface area contributed by atoms with Crippen molar-refractivity contribution in [1.29, 1.82) is 0 Å². The molecule has 0 aromatic carbocycles. The molecule has 1 aliphatic rings. The maximum atomic E-state index is 12.5. The van der Waals surface area contributed by atoms with Gasteiger partial charge in [0.05, 0.1) is 4.88 Å². The largest absolute Gasteiger partial charge is 0.478 e. The fraction of sp³-hybridized carbons (Fsp3) is 0.467. The molecular formula is C15H19NO3S. The molecule has 0 saturated carbocycles. The highest BCUT2D eigenvalue weighted by Gasteiger charge is 2.31. The van der Waals surface area contributed by atoms with Gasteiger partial charge in [-0.2, -0.15) is 0 Å². The van der Waals surface area contributed by atoms with Crippen molar-refractivity contribution in [3.05, 3.63) is 28.0 Å². The second kappa shape index (κ2) is 6.22. The minimum Gasteiger partial charge on any atom is -0.478 e. The van der Waals surface area contributed by atoms with Crippen LogP contribution in [0.15, 0.2) is 18.2 Å². The number of likely N-dealkylation sites (tertiary alicyclic amines) is 1. The summed E-state index contributed by atoms with van der Waals surface area (Å²) in [4.78, 5) is 26.4. The average molecular weight is 293 g/mol. The van der Waals surface area contributed by atoms with Crippen molar-refractivity contribution in [2.24, 2.45) is 5.92 Å². The molecular weight excluding hydrogens is 274 g/mol. The third-order valence-electron chi connectivity index (χ3n) is 3.56. The van der Waals surface area contributed by atoms with Gasteiger partial charge < -0.3 is 10.0 Å². The Morgan fingerprint density at radius 2 is 2.20 bits per heavy atom. The van der Waals surface area contributed by atoms with Gasteiger partial charge in [-0.3, -0.25) is 4.79 Å². The normalized spacial score (nSPS) is 19.1. The Labute approximate surface area is 122 Å². The molecule has 20 heavy (non-hydrogen) atoms. The number of nitrogens with zero attached hydrogens (tertiary/aromatic N) is 1. The van der Waals surface area contributed by atoms with E-state index in [1.165, 1.54) is 17.4 Å². The summed E-state index contributed by atoms with van der Waals surface area (Å²) in [5.41, 5.74) is 0. The van der Waals surface area contributed by atoms with Crippen molar-refractivity contribution in [2.45, 2.75) is 32.7 Å². The summed E-state index contributed by atoms with van der Waals surface area (Å²) in [7, 11) is 0. The fourth-order valence-corrected chi connectivity index (χ4v) is 3.46. The predicted molar refractivity (Wildman–Crippen MR) is 79.9 cm³/mol. The molecule has 2 heterocycles. The van der Waals surface area contributed by atoms with Crippen LogP contribution in [0.5, 0.6) is 0 Å². The van der Waals surface area contributed by atoms with Crippen molar-refractivity contribution in [1.82, 2.24) is 4.90 Å². The van der Waals surface area contributed by atoms with Crippen LogP contribution in [0.2, 0.25) is 0 Å². The molecule has 1 aliphatic heterocycles. The van der Waals surface area contributed by atoms with Gasteiger partial charge in [0.1, 0.15) is 0 Å². The van der Waals surface area contributed by atoms with Crippen molar-refractivity contribution < 1.29 is 14.7 Å². The molecule has 5 heteroatoms.